The van der Waals surface area contributed by atoms with E-state index in [0.717, 1.165) is 30.4 Å². The fraction of sp³-hybridized carbons (Fsp3) is 0.789. The highest BCUT2D eigenvalue weighted by Crippen LogP contribution is 2.46. The number of hydrogen-bond donors (Lipinski definition) is 0. The monoisotopic (exact) mass is 317 g/mol. The van der Waals surface area contributed by atoms with Gasteiger partial charge in [-0.25, -0.2) is 9.97 Å². The second-order valence-electron chi connectivity index (χ2n) is 8.42. The van der Waals surface area contributed by atoms with E-state index in [2.05, 4.69) is 31.7 Å². The topological polar surface area (TPSA) is 38.2 Å². The molecule has 1 aromatic rings. The predicted molar refractivity (Wildman–Crippen MR) is 93.8 cm³/mol. The molecule has 1 aromatic heterocycles. The molecule has 2 fully saturated rings. The first-order valence-electron chi connectivity index (χ1n) is 9.04. The lowest BCUT2D eigenvalue weighted by molar-refractivity contribution is 0.180. The minimum Gasteiger partial charge on any atom is -0.378 e. The van der Waals surface area contributed by atoms with Gasteiger partial charge in [0.2, 0.25) is 0 Å². The summed E-state index contributed by atoms with van der Waals surface area (Å²) in [4.78, 5) is 12.0. The quantitative estimate of drug-likeness (QED) is 0.842. The fourth-order valence-corrected chi connectivity index (χ4v) is 4.04. The lowest BCUT2D eigenvalue weighted by Crippen LogP contribution is -2.39. The molecular formula is C19H31N3O. The molecule has 0 radical (unpaired) electrons. The van der Waals surface area contributed by atoms with Crippen molar-refractivity contribution < 1.29 is 4.74 Å². The molecule has 128 valence electrons. The van der Waals surface area contributed by atoms with E-state index in [0.29, 0.717) is 12.0 Å². The molecule has 4 nitrogen and oxygen atoms in total. The van der Waals surface area contributed by atoms with Gasteiger partial charge in [-0.1, -0.05) is 33.6 Å². The van der Waals surface area contributed by atoms with Gasteiger partial charge >= 0.3 is 0 Å². The highest BCUT2D eigenvalue weighted by Gasteiger charge is 2.37. The molecular weight excluding hydrogens is 286 g/mol. The number of nitrogens with zero attached hydrogens (tertiary/aromatic N) is 3. The maximum Gasteiger partial charge on any atom is 0.136 e. The molecule has 2 heterocycles. The van der Waals surface area contributed by atoms with Crippen LogP contribution in [-0.2, 0) is 16.8 Å². The van der Waals surface area contributed by atoms with Crippen LogP contribution in [0.3, 0.4) is 0 Å². The summed E-state index contributed by atoms with van der Waals surface area (Å²) in [5.41, 5.74) is 1.59. The van der Waals surface area contributed by atoms with E-state index >= 15 is 0 Å². The molecule has 0 amide bonds. The summed E-state index contributed by atoms with van der Waals surface area (Å²) in [6, 6.07) is 2.12. The third-order valence-electron chi connectivity index (χ3n) is 5.54. The van der Waals surface area contributed by atoms with Crippen molar-refractivity contribution in [3.05, 3.63) is 17.6 Å². The van der Waals surface area contributed by atoms with Gasteiger partial charge in [0.05, 0.1) is 12.3 Å². The van der Waals surface area contributed by atoms with Crippen molar-refractivity contribution in [2.75, 3.05) is 25.1 Å². The largest absolute Gasteiger partial charge is 0.378 e. The van der Waals surface area contributed by atoms with E-state index < -0.39 is 0 Å². The van der Waals surface area contributed by atoms with Crippen LogP contribution in [0.2, 0.25) is 0 Å². The number of methoxy groups -OCH3 is 1. The normalized spacial score (nSPS) is 21.1. The Hall–Kier alpha value is -1.16. The number of anilines is 1. The van der Waals surface area contributed by atoms with Gasteiger partial charge in [0.1, 0.15) is 11.6 Å². The Morgan fingerprint density at radius 1 is 1.09 bits per heavy atom. The molecule has 1 aliphatic carbocycles. The number of ether oxygens (including phenoxy) is 1. The summed E-state index contributed by atoms with van der Waals surface area (Å²) in [7, 11) is 1.73. The van der Waals surface area contributed by atoms with Gasteiger partial charge in [0.25, 0.3) is 0 Å². The van der Waals surface area contributed by atoms with Crippen molar-refractivity contribution in [3.63, 3.8) is 0 Å². The highest BCUT2D eigenvalue weighted by atomic mass is 16.5. The molecule has 0 N–H and O–H groups in total. The number of piperidine rings is 1. The third-order valence-corrected chi connectivity index (χ3v) is 5.54. The van der Waals surface area contributed by atoms with Crippen LogP contribution in [0.25, 0.3) is 0 Å². The molecule has 1 saturated carbocycles. The molecule has 0 atom stereocenters. The van der Waals surface area contributed by atoms with Crippen molar-refractivity contribution in [3.8, 4) is 0 Å². The van der Waals surface area contributed by atoms with Crippen molar-refractivity contribution >= 4 is 5.82 Å². The minimum atomic E-state index is -0.0407. The van der Waals surface area contributed by atoms with Crippen molar-refractivity contribution in [1.29, 1.82) is 0 Å². The van der Waals surface area contributed by atoms with Gasteiger partial charge in [0, 0.05) is 31.7 Å². The maximum absolute atomic E-state index is 5.31. The van der Waals surface area contributed by atoms with Crippen LogP contribution in [0.1, 0.15) is 70.8 Å². The second-order valence-corrected chi connectivity index (χ2v) is 8.42. The average Bonchev–Trinajstić information content (AvgIpc) is 2.95. The summed E-state index contributed by atoms with van der Waals surface area (Å²) < 4.78 is 5.31. The van der Waals surface area contributed by atoms with Crippen LogP contribution in [0.15, 0.2) is 6.07 Å². The van der Waals surface area contributed by atoms with Crippen LogP contribution in [0.5, 0.6) is 0 Å². The SMILES string of the molecule is COCc1cc(N2CCC3(CCCC3)CC2)nc(C(C)(C)C)n1. The Bertz CT molecular complexity index is 534. The average molecular weight is 317 g/mol. The zero-order valence-electron chi connectivity index (χ0n) is 15.2. The highest BCUT2D eigenvalue weighted by molar-refractivity contribution is 5.41. The predicted octanol–water partition coefficient (Wildman–Crippen LogP) is 4.08. The maximum atomic E-state index is 5.31. The van der Waals surface area contributed by atoms with E-state index in [1.807, 2.05) is 0 Å². The molecule has 1 saturated heterocycles. The van der Waals surface area contributed by atoms with E-state index in [1.54, 1.807) is 7.11 Å². The smallest absolute Gasteiger partial charge is 0.136 e. The van der Waals surface area contributed by atoms with E-state index in [-0.39, 0.29) is 5.41 Å². The molecule has 3 rings (SSSR count). The first-order chi connectivity index (χ1) is 10.9. The van der Waals surface area contributed by atoms with Gasteiger partial charge in [-0.05, 0) is 31.1 Å². The number of aromatic nitrogens is 2. The summed E-state index contributed by atoms with van der Waals surface area (Å²) in [5, 5.41) is 0. The lowest BCUT2D eigenvalue weighted by atomic mass is 9.77. The Morgan fingerprint density at radius 2 is 1.74 bits per heavy atom. The van der Waals surface area contributed by atoms with Crippen LogP contribution < -0.4 is 4.90 Å². The first-order valence-corrected chi connectivity index (χ1v) is 9.04. The number of hydrogen-bond acceptors (Lipinski definition) is 4. The molecule has 0 bridgehead atoms. The van der Waals surface area contributed by atoms with Crippen molar-refractivity contribution in [1.82, 2.24) is 9.97 Å². The minimum absolute atomic E-state index is 0.0407. The molecule has 0 aromatic carbocycles. The van der Waals surface area contributed by atoms with Gasteiger partial charge < -0.3 is 9.64 Å². The van der Waals surface area contributed by atoms with Crippen molar-refractivity contribution in [2.45, 2.75) is 71.3 Å². The van der Waals surface area contributed by atoms with Crippen LogP contribution in [0.4, 0.5) is 5.82 Å². The molecule has 2 aliphatic rings. The Morgan fingerprint density at radius 3 is 2.30 bits per heavy atom. The van der Waals surface area contributed by atoms with Crippen LogP contribution in [0, 0.1) is 5.41 Å². The molecule has 1 spiro atoms. The standard InChI is InChI=1S/C19H31N3O/c1-18(2,3)17-20-15(14-23-4)13-16(21-17)22-11-9-19(10-12-22)7-5-6-8-19/h13H,5-12,14H2,1-4H3. The first kappa shape index (κ1) is 16.7. The van der Waals surface area contributed by atoms with Crippen molar-refractivity contribution in [2.24, 2.45) is 5.41 Å². The zero-order valence-corrected chi connectivity index (χ0v) is 15.2. The Labute approximate surface area is 140 Å². The van der Waals surface area contributed by atoms with Gasteiger partial charge in [-0.3, -0.25) is 0 Å². The van der Waals surface area contributed by atoms with Gasteiger partial charge in [-0.2, -0.15) is 0 Å². The second kappa shape index (κ2) is 6.39. The van der Waals surface area contributed by atoms with Crippen LogP contribution in [-0.4, -0.2) is 30.2 Å². The van der Waals surface area contributed by atoms with E-state index in [1.165, 1.54) is 38.5 Å². The molecule has 23 heavy (non-hydrogen) atoms. The summed E-state index contributed by atoms with van der Waals surface area (Å²) >= 11 is 0. The fourth-order valence-electron chi connectivity index (χ4n) is 4.04. The molecule has 0 unspecified atom stereocenters. The van der Waals surface area contributed by atoms with Gasteiger partial charge in [-0.15, -0.1) is 0 Å². The van der Waals surface area contributed by atoms with Gasteiger partial charge in [0.15, 0.2) is 0 Å². The Balaban J connectivity index is 1.80. The third kappa shape index (κ3) is 3.68. The number of rotatable bonds is 3. The summed E-state index contributed by atoms with van der Waals surface area (Å²) in [6.07, 6.45) is 8.38. The lowest BCUT2D eigenvalue weighted by Gasteiger charge is -2.40. The molecule has 1 aliphatic heterocycles. The van der Waals surface area contributed by atoms with E-state index in [9.17, 15) is 0 Å². The molecule has 4 heteroatoms. The van der Waals surface area contributed by atoms with E-state index in [4.69, 9.17) is 14.7 Å². The van der Waals surface area contributed by atoms with Crippen LogP contribution >= 0.6 is 0 Å². The Kier molecular flexibility index (Phi) is 4.63. The summed E-state index contributed by atoms with van der Waals surface area (Å²) in [5.74, 6) is 2.01. The zero-order chi connectivity index (χ0) is 16.5. The summed E-state index contributed by atoms with van der Waals surface area (Å²) in [6.45, 7) is 9.33.